The third-order valence-electron chi connectivity index (χ3n) is 13.4. The molecule has 1 aromatic heterocycles. The topological polar surface area (TPSA) is 304 Å². The number of hydrogen-bond acceptors (Lipinski definition) is 12. The fourth-order valence-electron chi connectivity index (χ4n) is 8.33. The maximum Gasteiger partial charge on any atom is 0.407 e. The largest absolute Gasteiger partial charge is 0.496 e. The molecule has 3 rings (SSSR count). The minimum Gasteiger partial charge on any atom is -0.496 e. The number of rotatable bonds is 36. The van der Waals surface area contributed by atoms with Gasteiger partial charge in [0.2, 0.25) is 17.7 Å². The van der Waals surface area contributed by atoms with Crippen LogP contribution in [0.2, 0.25) is 0 Å². The Morgan fingerprint density at radius 1 is 0.732 bits per heavy atom. The SMILES string of the molecule is C=c1ccn(Cc2ccc(C(C)(C)COCC(C)(C)CNC(=O)OCc3ccc(NC(=O)CCCCNC(N)=O)cc3)cc2OC)/c1=C(/N=C(/N)CCC)NCCCCC.CC(C)C(NC(=O)CC(C)(C)COCC(C)(C)CN)C(N)=O. The van der Waals surface area contributed by atoms with E-state index in [0.29, 0.717) is 83.4 Å². The zero-order valence-electron chi connectivity index (χ0n) is 51.9. The fourth-order valence-corrected chi connectivity index (χ4v) is 8.33. The lowest BCUT2D eigenvalue weighted by atomic mass is 9.84. The highest BCUT2D eigenvalue weighted by Gasteiger charge is 2.29. The van der Waals surface area contributed by atoms with Gasteiger partial charge in [0.25, 0.3) is 0 Å². The number of nitrogens with zero attached hydrogens (tertiary/aromatic N) is 2. The monoisotopic (exact) mass is 1150 g/mol. The second-order valence-electron chi connectivity index (χ2n) is 24.5. The maximum atomic E-state index is 12.6. The van der Waals surface area contributed by atoms with Crippen LogP contribution in [0.3, 0.4) is 0 Å². The van der Waals surface area contributed by atoms with E-state index in [1.165, 1.54) is 0 Å². The first-order valence-electron chi connectivity index (χ1n) is 28.9. The molecule has 1 unspecified atom stereocenters. The summed E-state index contributed by atoms with van der Waals surface area (Å²) in [5.74, 6) is 1.26. The Kier molecular flexibility index (Phi) is 30.8. The lowest BCUT2D eigenvalue weighted by Crippen LogP contribution is -2.48. The smallest absolute Gasteiger partial charge is 0.407 e. The van der Waals surface area contributed by atoms with Gasteiger partial charge in [-0.25, -0.2) is 14.6 Å². The van der Waals surface area contributed by atoms with Crippen LogP contribution in [-0.4, -0.2) is 106 Å². The van der Waals surface area contributed by atoms with Gasteiger partial charge >= 0.3 is 12.1 Å². The van der Waals surface area contributed by atoms with E-state index in [0.717, 1.165) is 77.5 Å². The fraction of sp³-hybridized carbons (Fsp3) is 0.613. The van der Waals surface area contributed by atoms with E-state index in [-0.39, 0.29) is 52.4 Å². The molecule has 1 heterocycles. The van der Waals surface area contributed by atoms with E-state index in [9.17, 15) is 24.0 Å². The number of alkyl carbamates (subject to hydrolysis) is 1. The molecule has 20 heteroatoms. The Bertz CT molecular complexity index is 2610. The first-order chi connectivity index (χ1) is 38.5. The van der Waals surface area contributed by atoms with Crippen molar-refractivity contribution >= 4 is 53.8 Å². The van der Waals surface area contributed by atoms with Gasteiger partial charge in [0.05, 0.1) is 45.4 Å². The van der Waals surface area contributed by atoms with Gasteiger partial charge in [-0.1, -0.05) is 127 Å². The summed E-state index contributed by atoms with van der Waals surface area (Å²) in [4.78, 5) is 63.7. The molecule has 0 saturated heterocycles. The van der Waals surface area contributed by atoms with Crippen LogP contribution in [0.1, 0.15) is 158 Å². The van der Waals surface area contributed by atoms with Crippen LogP contribution in [0, 0.1) is 22.2 Å². The van der Waals surface area contributed by atoms with Gasteiger partial charge in [-0.2, -0.15) is 0 Å². The van der Waals surface area contributed by atoms with E-state index in [2.05, 4.69) is 83.6 Å². The third-order valence-corrected chi connectivity index (χ3v) is 13.4. The molecule has 0 saturated carbocycles. The van der Waals surface area contributed by atoms with Crippen LogP contribution in [0.4, 0.5) is 15.3 Å². The van der Waals surface area contributed by atoms with Crippen LogP contribution < -0.4 is 64.8 Å². The summed E-state index contributed by atoms with van der Waals surface area (Å²) in [7, 11) is 1.69. The number of unbranched alkanes of at least 4 members (excludes halogenated alkanes) is 3. The summed E-state index contributed by atoms with van der Waals surface area (Å²) in [6.45, 7) is 33.3. The molecule has 3 aromatic rings. The van der Waals surface area contributed by atoms with E-state index in [1.54, 1.807) is 31.4 Å². The lowest BCUT2D eigenvalue weighted by Gasteiger charge is -2.30. The number of ether oxygens (including phenoxy) is 4. The number of amides is 6. The molecule has 13 N–H and O–H groups in total. The summed E-state index contributed by atoms with van der Waals surface area (Å²) < 4.78 is 25.5. The second-order valence-corrected chi connectivity index (χ2v) is 24.5. The van der Waals surface area contributed by atoms with Crippen molar-refractivity contribution in [3.05, 3.63) is 82.0 Å². The molecule has 0 bridgehead atoms. The number of methoxy groups -OCH3 is 1. The highest BCUT2D eigenvalue weighted by atomic mass is 16.5. The lowest BCUT2D eigenvalue weighted by molar-refractivity contribution is -0.130. The van der Waals surface area contributed by atoms with Gasteiger partial charge < -0.3 is 73.0 Å². The van der Waals surface area contributed by atoms with Gasteiger partial charge in [0.15, 0.2) is 5.82 Å². The Balaban J connectivity index is 0.000000877. The molecule has 6 amide bonds. The Morgan fingerprint density at radius 3 is 1.98 bits per heavy atom. The van der Waals surface area contributed by atoms with E-state index in [4.69, 9.17) is 46.9 Å². The summed E-state index contributed by atoms with van der Waals surface area (Å²) in [5, 5.41) is 16.2. The second kappa shape index (κ2) is 35.4. The van der Waals surface area contributed by atoms with Gasteiger partial charge in [-0.15, -0.1) is 0 Å². The van der Waals surface area contributed by atoms with Crippen molar-refractivity contribution in [3.63, 3.8) is 0 Å². The van der Waals surface area contributed by atoms with Gasteiger partial charge in [0, 0.05) is 72.6 Å². The quantitative estimate of drug-likeness (QED) is 0.0161. The summed E-state index contributed by atoms with van der Waals surface area (Å²) in [6, 6.07) is 14.2. The summed E-state index contributed by atoms with van der Waals surface area (Å²) in [5.41, 5.74) is 24.8. The number of nitrogens with one attached hydrogen (secondary N) is 5. The van der Waals surface area contributed by atoms with Gasteiger partial charge in [0.1, 0.15) is 24.2 Å². The highest BCUT2D eigenvalue weighted by Crippen LogP contribution is 2.31. The molecule has 0 radical (unpaired) electrons. The molecule has 0 aliphatic heterocycles. The predicted octanol–water partition coefficient (Wildman–Crippen LogP) is 7.01. The van der Waals surface area contributed by atoms with Crippen LogP contribution in [0.15, 0.2) is 59.7 Å². The minimum absolute atomic E-state index is 0.0360. The Morgan fingerprint density at radius 2 is 1.37 bits per heavy atom. The van der Waals surface area contributed by atoms with Crippen molar-refractivity contribution in [1.82, 2.24) is 25.8 Å². The molecule has 0 fully saturated rings. The number of amidine groups is 1. The first-order valence-corrected chi connectivity index (χ1v) is 28.9. The predicted molar refractivity (Wildman–Crippen MR) is 329 cm³/mol. The number of nitrogens with two attached hydrogens (primary N) is 4. The van der Waals surface area contributed by atoms with Crippen LogP contribution in [-0.2, 0) is 47.2 Å². The van der Waals surface area contributed by atoms with Crippen molar-refractivity contribution in [2.45, 2.75) is 165 Å². The molecule has 460 valence electrons. The number of carbonyl (C=O) groups excluding carboxylic acids is 5. The molecular formula is C62H103N11O9. The zero-order valence-corrected chi connectivity index (χ0v) is 51.9. The van der Waals surface area contributed by atoms with E-state index in [1.807, 2.05) is 67.7 Å². The van der Waals surface area contributed by atoms with Crippen molar-refractivity contribution < 1.29 is 42.9 Å². The number of benzene rings is 2. The van der Waals surface area contributed by atoms with Crippen LogP contribution >= 0.6 is 0 Å². The molecule has 82 heavy (non-hydrogen) atoms. The van der Waals surface area contributed by atoms with Gasteiger partial charge in [-0.3, -0.25) is 14.4 Å². The Labute approximate surface area is 489 Å². The van der Waals surface area contributed by atoms with Crippen molar-refractivity contribution in [2.24, 2.45) is 50.1 Å². The number of aliphatic imine (C=N–C) groups is 1. The highest BCUT2D eigenvalue weighted by molar-refractivity contribution is 5.90. The Hall–Kier alpha value is -6.64. The first kappa shape index (κ1) is 71.5. The number of aromatic nitrogens is 1. The third kappa shape index (κ3) is 27.9. The number of primary amides is 2. The van der Waals surface area contributed by atoms with Crippen LogP contribution in [0.5, 0.6) is 5.75 Å². The average molecular weight is 1150 g/mol. The van der Waals surface area contributed by atoms with Crippen molar-refractivity contribution in [2.75, 3.05) is 65.0 Å². The summed E-state index contributed by atoms with van der Waals surface area (Å²) in [6.07, 6.45) is 8.34. The normalized spacial score (nSPS) is 12.8. The zero-order chi connectivity index (χ0) is 61.7. The molecule has 0 aliphatic carbocycles. The van der Waals surface area contributed by atoms with Gasteiger partial charge in [-0.05, 0) is 84.2 Å². The molecule has 2 aromatic carbocycles. The van der Waals surface area contributed by atoms with Crippen molar-refractivity contribution in [1.29, 1.82) is 0 Å². The minimum atomic E-state index is -0.639. The molecule has 1 atom stereocenters. The number of urea groups is 1. The maximum absolute atomic E-state index is 12.6. The number of hydrogen-bond donors (Lipinski definition) is 9. The van der Waals surface area contributed by atoms with E-state index < -0.39 is 24.1 Å². The molecule has 0 spiro atoms. The van der Waals surface area contributed by atoms with Crippen LogP contribution in [0.25, 0.3) is 12.4 Å². The molecular weight excluding hydrogens is 1040 g/mol. The molecule has 0 aliphatic rings. The van der Waals surface area contributed by atoms with E-state index >= 15 is 0 Å². The molecule has 20 nitrogen and oxygen atoms in total. The van der Waals surface area contributed by atoms with Crippen molar-refractivity contribution in [3.8, 4) is 5.75 Å². The summed E-state index contributed by atoms with van der Waals surface area (Å²) >= 11 is 0. The number of anilines is 1. The number of carbonyl (C=O) groups is 5. The average Bonchev–Trinajstić information content (AvgIpc) is 3.95. The standard InChI is InChI=1S/C46H70N8O6.C16H33N3O3/c1-9-11-13-24-49-42(53-39(47)15-10-2)41-33(3)23-26-54(41)28-35-19-20-36(27-38(35)58-8)46(6,7)32-59-31-45(4,5)30-51-44(57)60-29-34-17-21-37(22-18-34)52-40(55)16-12-14-25-50-43(48)56;1-11(2)13(14(18)21)19-12(20)7-15(3,4)9-22-10-16(5,6)8-17/h17-23,26-27,49H,3,9-16,24-25,28-32H2,1-2,4-8H3,(H2,47,53)(H,51,57)(H,52,55)(H3,48,50,56);11,13H,7-10,17H2,1-6H3,(H2,18,21)(H,19,20)/b42-41+;.